The second kappa shape index (κ2) is 9.14. The largest absolute Gasteiger partial charge is 0.348 e. The normalized spacial score (nSPS) is 24.4. The van der Waals surface area contributed by atoms with Crippen molar-refractivity contribution in [1.82, 2.24) is 9.62 Å². The van der Waals surface area contributed by atoms with E-state index in [0.29, 0.717) is 49.6 Å². The van der Waals surface area contributed by atoms with Crippen LogP contribution in [0.15, 0.2) is 17.0 Å². The molecule has 1 heterocycles. The van der Waals surface area contributed by atoms with Crippen LogP contribution in [-0.2, 0) is 14.8 Å². The Kier molecular flexibility index (Phi) is 7.02. The molecule has 0 aromatic heterocycles. The van der Waals surface area contributed by atoms with Gasteiger partial charge in [0.1, 0.15) is 0 Å². The molecule has 1 saturated heterocycles. The van der Waals surface area contributed by atoms with Gasteiger partial charge in [0, 0.05) is 6.04 Å². The van der Waals surface area contributed by atoms with Crippen molar-refractivity contribution in [2.45, 2.75) is 64.3 Å². The molecule has 0 unspecified atom stereocenters. The monoisotopic (exact) mass is 422 g/mol. The molecule has 1 aromatic rings. The fraction of sp³-hybridized carbons (Fsp3) is 0.682. The molecular formula is C22H36N3O3S+. The van der Waals surface area contributed by atoms with Crippen molar-refractivity contribution in [3.8, 4) is 0 Å². The van der Waals surface area contributed by atoms with Gasteiger partial charge in [0.2, 0.25) is 10.0 Å². The number of quaternary nitrogens is 1. The predicted octanol–water partition coefficient (Wildman–Crippen LogP) is 1.20. The van der Waals surface area contributed by atoms with Crippen LogP contribution >= 0.6 is 0 Å². The lowest BCUT2D eigenvalue weighted by atomic mass is 9.86. The van der Waals surface area contributed by atoms with E-state index in [0.717, 1.165) is 28.0 Å². The summed E-state index contributed by atoms with van der Waals surface area (Å²) >= 11 is 0. The van der Waals surface area contributed by atoms with Crippen LogP contribution in [0.4, 0.5) is 0 Å². The molecule has 2 aliphatic rings. The van der Waals surface area contributed by atoms with Crippen LogP contribution in [0.25, 0.3) is 0 Å². The number of carbonyl (C=O) groups is 1. The Morgan fingerprint density at radius 2 is 1.69 bits per heavy atom. The summed E-state index contributed by atoms with van der Waals surface area (Å²) in [6, 6.07) is 4.15. The number of aryl methyl sites for hydroxylation is 3. The van der Waals surface area contributed by atoms with Crippen molar-refractivity contribution in [3.63, 3.8) is 0 Å². The Hall–Kier alpha value is -1.44. The Morgan fingerprint density at radius 3 is 2.28 bits per heavy atom. The lowest BCUT2D eigenvalue weighted by Gasteiger charge is -2.33. The van der Waals surface area contributed by atoms with Crippen LogP contribution in [-0.4, -0.2) is 57.4 Å². The topological polar surface area (TPSA) is 70.9 Å². The molecular weight excluding hydrogens is 386 g/mol. The molecule has 1 amide bonds. The minimum atomic E-state index is -3.50. The maximum Gasteiger partial charge on any atom is 0.275 e. The van der Waals surface area contributed by atoms with Crippen molar-refractivity contribution in [2.24, 2.45) is 5.92 Å². The summed E-state index contributed by atoms with van der Waals surface area (Å²) < 4.78 is 28.0. The summed E-state index contributed by atoms with van der Waals surface area (Å²) in [7, 11) is -3.50. The Labute approximate surface area is 175 Å². The van der Waals surface area contributed by atoms with Crippen molar-refractivity contribution in [2.75, 3.05) is 32.7 Å². The number of rotatable bonds is 5. The van der Waals surface area contributed by atoms with Gasteiger partial charge in [-0.15, -0.1) is 0 Å². The predicted molar refractivity (Wildman–Crippen MR) is 115 cm³/mol. The van der Waals surface area contributed by atoms with Gasteiger partial charge in [-0.05, 0) is 50.7 Å². The molecule has 6 nitrogen and oxygen atoms in total. The molecule has 0 bridgehead atoms. The third-order valence-corrected chi connectivity index (χ3v) is 8.71. The number of carbonyl (C=O) groups excluding carboxylic acids is 1. The van der Waals surface area contributed by atoms with Crippen molar-refractivity contribution < 1.29 is 18.1 Å². The van der Waals surface area contributed by atoms with E-state index < -0.39 is 10.0 Å². The highest BCUT2D eigenvalue weighted by Gasteiger charge is 2.33. The first kappa shape index (κ1) is 22.2. The van der Waals surface area contributed by atoms with Crippen molar-refractivity contribution in [3.05, 3.63) is 28.8 Å². The third kappa shape index (κ3) is 5.19. The summed E-state index contributed by atoms with van der Waals surface area (Å²) in [4.78, 5) is 14.1. The van der Waals surface area contributed by atoms with Crippen LogP contribution in [0.1, 0.15) is 49.3 Å². The lowest BCUT2D eigenvalue weighted by Crippen LogP contribution is -3.15. The average molecular weight is 423 g/mol. The molecule has 1 aliphatic heterocycles. The summed E-state index contributed by atoms with van der Waals surface area (Å²) in [5.74, 6) is 0.644. The van der Waals surface area contributed by atoms with Gasteiger partial charge in [-0.2, -0.15) is 4.31 Å². The van der Waals surface area contributed by atoms with E-state index in [4.69, 9.17) is 0 Å². The number of nitrogens with zero attached hydrogens (tertiary/aromatic N) is 1. The highest BCUT2D eigenvalue weighted by molar-refractivity contribution is 7.89. The Morgan fingerprint density at radius 1 is 1.10 bits per heavy atom. The number of nitrogens with one attached hydrogen (secondary N) is 2. The van der Waals surface area contributed by atoms with E-state index in [-0.39, 0.29) is 5.91 Å². The van der Waals surface area contributed by atoms with Crippen molar-refractivity contribution >= 4 is 15.9 Å². The molecule has 7 heteroatoms. The van der Waals surface area contributed by atoms with Crippen LogP contribution in [0.2, 0.25) is 0 Å². The fourth-order valence-corrected chi connectivity index (χ4v) is 6.79. The molecule has 1 aromatic carbocycles. The summed E-state index contributed by atoms with van der Waals surface area (Å²) in [5, 5.41) is 3.21. The first-order chi connectivity index (χ1) is 13.7. The Balaban J connectivity index is 1.57. The van der Waals surface area contributed by atoms with Crippen molar-refractivity contribution in [1.29, 1.82) is 0 Å². The summed E-state index contributed by atoms with van der Waals surface area (Å²) in [6.07, 6.45) is 4.71. The van der Waals surface area contributed by atoms with Gasteiger partial charge >= 0.3 is 0 Å². The van der Waals surface area contributed by atoms with Gasteiger partial charge in [-0.25, -0.2) is 8.42 Å². The molecule has 0 spiro atoms. The molecule has 1 saturated carbocycles. The fourth-order valence-electron chi connectivity index (χ4n) is 4.94. The molecule has 1 aliphatic carbocycles. The molecule has 2 N–H and O–H groups in total. The average Bonchev–Trinajstić information content (AvgIpc) is 2.63. The molecule has 2 atom stereocenters. The van der Waals surface area contributed by atoms with Gasteiger partial charge < -0.3 is 10.2 Å². The Bertz CT molecular complexity index is 822. The highest BCUT2D eigenvalue weighted by Crippen LogP contribution is 2.25. The first-order valence-corrected chi connectivity index (χ1v) is 12.3. The smallest absolute Gasteiger partial charge is 0.275 e. The van der Waals surface area contributed by atoms with Gasteiger partial charge in [-0.3, -0.25) is 4.79 Å². The van der Waals surface area contributed by atoms with Crippen LogP contribution < -0.4 is 10.2 Å². The van der Waals surface area contributed by atoms with Gasteiger partial charge in [0.05, 0.1) is 31.1 Å². The molecule has 3 rings (SSSR count). The molecule has 0 radical (unpaired) electrons. The third-order valence-electron chi connectivity index (χ3n) is 6.50. The number of sulfonamides is 1. The van der Waals surface area contributed by atoms with E-state index >= 15 is 0 Å². The molecule has 162 valence electrons. The highest BCUT2D eigenvalue weighted by atomic mass is 32.2. The second-order valence-electron chi connectivity index (χ2n) is 8.99. The minimum Gasteiger partial charge on any atom is -0.348 e. The van der Waals surface area contributed by atoms with E-state index in [2.05, 4.69) is 12.2 Å². The van der Waals surface area contributed by atoms with Gasteiger partial charge in [0.15, 0.2) is 6.54 Å². The van der Waals surface area contributed by atoms with Crippen LogP contribution in [0.5, 0.6) is 0 Å². The van der Waals surface area contributed by atoms with Gasteiger partial charge in [-0.1, -0.05) is 37.5 Å². The van der Waals surface area contributed by atoms with Gasteiger partial charge in [0.25, 0.3) is 5.91 Å². The van der Waals surface area contributed by atoms with E-state index in [1.807, 2.05) is 32.9 Å². The number of benzene rings is 1. The SMILES string of the molecule is Cc1cc(C)c(S(=O)(=O)N2CC[NH+](CC(=O)N[C@H]3CCCC[C@H]3C)CC2)c(C)c1. The second-order valence-corrected chi connectivity index (χ2v) is 10.9. The van der Waals surface area contributed by atoms with E-state index in [9.17, 15) is 13.2 Å². The standard InChI is InChI=1S/C22H35N3O3S/c1-16-13-18(3)22(19(4)14-16)29(27,28)25-11-9-24(10-12-25)15-21(26)23-20-8-6-5-7-17(20)2/h13-14,17,20H,5-12,15H2,1-4H3,(H,23,26)/p+1/t17-,20+/m1/s1. The molecule has 2 fully saturated rings. The quantitative estimate of drug-likeness (QED) is 0.749. The van der Waals surface area contributed by atoms with E-state index in [1.54, 1.807) is 4.31 Å². The maximum atomic E-state index is 13.2. The summed E-state index contributed by atoms with van der Waals surface area (Å²) in [5.41, 5.74) is 2.68. The zero-order chi connectivity index (χ0) is 21.2. The zero-order valence-corrected chi connectivity index (χ0v) is 19.1. The first-order valence-electron chi connectivity index (χ1n) is 10.9. The minimum absolute atomic E-state index is 0.0975. The van der Waals surface area contributed by atoms with Crippen LogP contribution in [0, 0.1) is 26.7 Å². The number of piperazine rings is 1. The number of hydrogen-bond donors (Lipinski definition) is 2. The zero-order valence-electron chi connectivity index (χ0n) is 18.3. The van der Waals surface area contributed by atoms with E-state index in [1.165, 1.54) is 19.3 Å². The van der Waals surface area contributed by atoms with Crippen LogP contribution in [0.3, 0.4) is 0 Å². The lowest BCUT2D eigenvalue weighted by molar-refractivity contribution is -0.895. The summed E-state index contributed by atoms with van der Waals surface area (Å²) in [6.45, 7) is 10.6. The molecule has 29 heavy (non-hydrogen) atoms. The number of amides is 1. The maximum absolute atomic E-state index is 13.2. The number of hydrogen-bond acceptors (Lipinski definition) is 3.